The molecule has 0 aliphatic heterocycles. The summed E-state index contributed by atoms with van der Waals surface area (Å²) < 4.78 is 6.50. The zero-order valence-electron chi connectivity index (χ0n) is 16.4. The number of rotatable bonds is 6. The SMILES string of the molecule is CC(C)CCOc1ccc(C(=O)NC(=S)Nc2cccc3ccccc23)cc1Br. The molecule has 0 bridgehead atoms. The second-order valence-corrected chi connectivity index (χ2v) is 8.37. The van der Waals surface area contributed by atoms with Gasteiger partial charge in [-0.05, 0) is 70.1 Å². The molecule has 0 aliphatic carbocycles. The maximum Gasteiger partial charge on any atom is 0.257 e. The largest absolute Gasteiger partial charge is 0.492 e. The van der Waals surface area contributed by atoms with E-state index in [9.17, 15) is 4.79 Å². The van der Waals surface area contributed by atoms with Crippen molar-refractivity contribution in [2.24, 2.45) is 5.92 Å². The Morgan fingerprint density at radius 1 is 1.10 bits per heavy atom. The van der Waals surface area contributed by atoms with E-state index in [1.54, 1.807) is 18.2 Å². The van der Waals surface area contributed by atoms with E-state index in [4.69, 9.17) is 17.0 Å². The van der Waals surface area contributed by atoms with Crippen LogP contribution in [0.2, 0.25) is 0 Å². The fourth-order valence-corrected chi connectivity index (χ4v) is 3.52. The highest BCUT2D eigenvalue weighted by molar-refractivity contribution is 9.10. The van der Waals surface area contributed by atoms with Gasteiger partial charge in [0.2, 0.25) is 0 Å². The van der Waals surface area contributed by atoms with E-state index in [0.29, 0.717) is 18.1 Å². The third-order valence-corrected chi connectivity index (χ3v) is 5.24. The van der Waals surface area contributed by atoms with Crippen molar-refractivity contribution >= 4 is 55.6 Å². The van der Waals surface area contributed by atoms with Crippen molar-refractivity contribution < 1.29 is 9.53 Å². The van der Waals surface area contributed by atoms with Gasteiger partial charge in [-0.15, -0.1) is 0 Å². The maximum atomic E-state index is 12.6. The molecule has 150 valence electrons. The molecule has 0 fully saturated rings. The van der Waals surface area contributed by atoms with Crippen LogP contribution in [0.15, 0.2) is 65.1 Å². The second-order valence-electron chi connectivity index (χ2n) is 7.11. The maximum absolute atomic E-state index is 12.6. The number of ether oxygens (including phenoxy) is 1. The molecule has 1 amide bonds. The van der Waals surface area contributed by atoms with Crippen LogP contribution in [0, 0.1) is 5.92 Å². The molecule has 0 atom stereocenters. The molecule has 0 unspecified atom stereocenters. The number of amides is 1. The van der Waals surface area contributed by atoms with Crippen molar-refractivity contribution in [2.45, 2.75) is 20.3 Å². The smallest absolute Gasteiger partial charge is 0.257 e. The van der Waals surface area contributed by atoms with Crippen molar-refractivity contribution in [3.8, 4) is 5.75 Å². The molecule has 0 saturated carbocycles. The molecule has 0 radical (unpaired) electrons. The molecule has 3 aromatic rings. The molecule has 29 heavy (non-hydrogen) atoms. The average molecular weight is 471 g/mol. The first-order valence-electron chi connectivity index (χ1n) is 9.46. The Morgan fingerprint density at radius 2 is 1.86 bits per heavy atom. The molecule has 3 rings (SSSR count). The van der Waals surface area contributed by atoms with Gasteiger partial charge >= 0.3 is 0 Å². The monoisotopic (exact) mass is 470 g/mol. The summed E-state index contributed by atoms with van der Waals surface area (Å²) in [6.07, 6.45) is 0.975. The summed E-state index contributed by atoms with van der Waals surface area (Å²) in [4.78, 5) is 12.6. The van der Waals surface area contributed by atoms with Crippen molar-refractivity contribution in [2.75, 3.05) is 11.9 Å². The molecule has 0 aliphatic rings. The topological polar surface area (TPSA) is 50.4 Å². The summed E-state index contributed by atoms with van der Waals surface area (Å²) in [6, 6.07) is 19.2. The van der Waals surface area contributed by atoms with Gasteiger partial charge in [0.1, 0.15) is 5.75 Å². The summed E-state index contributed by atoms with van der Waals surface area (Å²) in [5.74, 6) is 1.02. The lowest BCUT2D eigenvalue weighted by molar-refractivity contribution is 0.0977. The van der Waals surface area contributed by atoms with E-state index in [2.05, 4.69) is 40.4 Å². The molecule has 0 spiro atoms. The highest BCUT2D eigenvalue weighted by Gasteiger charge is 2.12. The lowest BCUT2D eigenvalue weighted by atomic mass is 10.1. The summed E-state index contributed by atoms with van der Waals surface area (Å²) in [7, 11) is 0. The predicted molar refractivity (Wildman–Crippen MR) is 127 cm³/mol. The Balaban J connectivity index is 1.63. The molecule has 0 saturated heterocycles. The first-order valence-corrected chi connectivity index (χ1v) is 10.7. The standard InChI is InChI=1S/C23H23BrN2O2S/c1-15(2)12-13-28-21-11-10-17(14-19(21)24)22(27)26-23(29)25-20-9-5-7-16-6-3-4-8-18(16)20/h3-11,14-15H,12-13H2,1-2H3,(H2,25,26,27,29). The van der Waals surface area contributed by atoms with Crippen LogP contribution >= 0.6 is 28.1 Å². The van der Waals surface area contributed by atoms with E-state index >= 15 is 0 Å². The Labute approximate surface area is 184 Å². The van der Waals surface area contributed by atoms with Crippen LogP contribution in [0.4, 0.5) is 5.69 Å². The number of nitrogens with one attached hydrogen (secondary N) is 2. The number of carbonyl (C=O) groups excluding carboxylic acids is 1. The highest BCUT2D eigenvalue weighted by atomic mass is 79.9. The Hall–Kier alpha value is -2.44. The quantitative estimate of drug-likeness (QED) is 0.423. The van der Waals surface area contributed by atoms with Gasteiger partial charge in [0.25, 0.3) is 5.91 Å². The lowest BCUT2D eigenvalue weighted by Gasteiger charge is -2.13. The fourth-order valence-electron chi connectivity index (χ4n) is 2.83. The number of fused-ring (bicyclic) bond motifs is 1. The van der Waals surface area contributed by atoms with Crippen LogP contribution in [0.5, 0.6) is 5.75 Å². The summed E-state index contributed by atoms with van der Waals surface area (Å²) in [5, 5.41) is 8.24. The van der Waals surface area contributed by atoms with Crippen LogP contribution in [0.1, 0.15) is 30.6 Å². The molecule has 6 heteroatoms. The van der Waals surface area contributed by atoms with Gasteiger partial charge < -0.3 is 10.1 Å². The number of halogens is 1. The first kappa shape index (κ1) is 21.3. The highest BCUT2D eigenvalue weighted by Crippen LogP contribution is 2.27. The van der Waals surface area contributed by atoms with E-state index in [1.807, 2.05) is 42.5 Å². The molecule has 4 nitrogen and oxygen atoms in total. The molecule has 2 N–H and O–H groups in total. The van der Waals surface area contributed by atoms with Gasteiger partial charge in [-0.25, -0.2) is 0 Å². The second kappa shape index (κ2) is 9.85. The van der Waals surface area contributed by atoms with Crippen molar-refractivity contribution in [3.05, 3.63) is 70.7 Å². The third-order valence-electron chi connectivity index (χ3n) is 4.41. The van der Waals surface area contributed by atoms with E-state index in [0.717, 1.165) is 33.1 Å². The van der Waals surface area contributed by atoms with Gasteiger partial charge in [0, 0.05) is 16.6 Å². The van der Waals surface area contributed by atoms with Crippen LogP contribution in [-0.4, -0.2) is 17.6 Å². The molecule has 0 heterocycles. The lowest BCUT2D eigenvalue weighted by Crippen LogP contribution is -2.34. The van der Waals surface area contributed by atoms with Crippen LogP contribution in [0.3, 0.4) is 0 Å². The zero-order chi connectivity index (χ0) is 20.8. The fraction of sp³-hybridized carbons (Fsp3) is 0.217. The third kappa shape index (κ3) is 5.78. The van der Waals surface area contributed by atoms with Crippen molar-refractivity contribution in [1.82, 2.24) is 5.32 Å². The minimum atomic E-state index is -0.280. The normalized spacial score (nSPS) is 10.8. The van der Waals surface area contributed by atoms with Crippen molar-refractivity contribution in [1.29, 1.82) is 0 Å². The van der Waals surface area contributed by atoms with Crippen molar-refractivity contribution in [3.63, 3.8) is 0 Å². The summed E-state index contributed by atoms with van der Waals surface area (Å²) in [5.41, 5.74) is 1.35. The molecular formula is C23H23BrN2O2S. The average Bonchev–Trinajstić information content (AvgIpc) is 2.69. The van der Waals surface area contributed by atoms with E-state index in [1.165, 1.54) is 0 Å². The molecule has 3 aromatic carbocycles. The molecule has 0 aromatic heterocycles. The minimum absolute atomic E-state index is 0.250. The van der Waals surface area contributed by atoms with E-state index < -0.39 is 0 Å². The summed E-state index contributed by atoms with van der Waals surface area (Å²) >= 11 is 8.81. The number of thiocarbonyl (C=S) groups is 1. The number of anilines is 1. The minimum Gasteiger partial charge on any atom is -0.492 e. The number of hydrogen-bond donors (Lipinski definition) is 2. The van der Waals surface area contributed by atoms with Gasteiger partial charge in [0.05, 0.1) is 11.1 Å². The Morgan fingerprint density at radius 3 is 2.62 bits per heavy atom. The van der Waals surface area contributed by atoms with Crippen LogP contribution in [-0.2, 0) is 0 Å². The van der Waals surface area contributed by atoms with Gasteiger partial charge in [0.15, 0.2) is 5.11 Å². The van der Waals surface area contributed by atoms with Gasteiger partial charge in [-0.2, -0.15) is 0 Å². The van der Waals surface area contributed by atoms with Crippen LogP contribution in [0.25, 0.3) is 10.8 Å². The predicted octanol–water partition coefficient (Wildman–Crippen LogP) is 6.15. The molecular weight excluding hydrogens is 448 g/mol. The Bertz CT molecular complexity index is 1030. The zero-order valence-corrected chi connectivity index (χ0v) is 18.8. The number of benzene rings is 3. The first-order chi connectivity index (χ1) is 13.9. The van der Waals surface area contributed by atoms with Gasteiger partial charge in [-0.3, -0.25) is 10.1 Å². The van der Waals surface area contributed by atoms with E-state index in [-0.39, 0.29) is 11.0 Å². The number of hydrogen-bond acceptors (Lipinski definition) is 3. The van der Waals surface area contributed by atoms with Gasteiger partial charge in [-0.1, -0.05) is 50.2 Å². The van der Waals surface area contributed by atoms with Crippen LogP contribution < -0.4 is 15.4 Å². The Kier molecular flexibility index (Phi) is 7.23. The summed E-state index contributed by atoms with van der Waals surface area (Å²) in [6.45, 7) is 4.95. The number of carbonyl (C=O) groups is 1.